The first-order chi connectivity index (χ1) is 11.1. The van der Waals surface area contributed by atoms with Gasteiger partial charge in [-0.2, -0.15) is 0 Å². The van der Waals surface area contributed by atoms with Crippen LogP contribution >= 0.6 is 0 Å². The predicted octanol–water partition coefficient (Wildman–Crippen LogP) is 4.03. The minimum Gasteiger partial charge on any atom is -0.496 e. The van der Waals surface area contributed by atoms with E-state index in [2.05, 4.69) is 11.0 Å². The quantitative estimate of drug-likeness (QED) is 0.798. The summed E-state index contributed by atoms with van der Waals surface area (Å²) in [5.74, 6) is 0.509. The number of hydrogen-bond acceptors (Lipinski definition) is 3. The number of Topliss-reactive ketones (excluding diaryl/α,β-unsaturated/α-hetero) is 1. The van der Waals surface area contributed by atoms with Gasteiger partial charge >= 0.3 is 0 Å². The molecule has 3 rings (SSSR count). The number of ether oxygens (including phenoxy) is 1. The first-order valence-electron chi connectivity index (χ1n) is 7.79. The van der Waals surface area contributed by atoms with Crippen molar-refractivity contribution in [2.24, 2.45) is 0 Å². The first kappa shape index (κ1) is 15.5. The van der Waals surface area contributed by atoms with Crippen LogP contribution in [0.3, 0.4) is 0 Å². The lowest BCUT2D eigenvalue weighted by atomic mass is 9.97. The van der Waals surface area contributed by atoms with Gasteiger partial charge in [-0.1, -0.05) is 24.3 Å². The molecule has 3 nitrogen and oxygen atoms in total. The number of benzene rings is 2. The van der Waals surface area contributed by atoms with Gasteiger partial charge in [0, 0.05) is 19.0 Å². The van der Waals surface area contributed by atoms with Gasteiger partial charge in [-0.05, 0) is 37.1 Å². The number of nitrogens with zero attached hydrogens (tertiary/aromatic N) is 1. The molecule has 0 N–H and O–H groups in total. The number of rotatable bonds is 4. The summed E-state index contributed by atoms with van der Waals surface area (Å²) in [6.07, 6.45) is 0.953. The summed E-state index contributed by atoms with van der Waals surface area (Å²) in [7, 11) is 1.67. The van der Waals surface area contributed by atoms with E-state index >= 15 is 0 Å². The van der Waals surface area contributed by atoms with Gasteiger partial charge in [-0.25, -0.2) is 4.39 Å². The second-order valence-corrected chi connectivity index (χ2v) is 5.86. The highest BCUT2D eigenvalue weighted by Crippen LogP contribution is 2.36. The molecule has 23 heavy (non-hydrogen) atoms. The molecule has 0 radical (unpaired) electrons. The highest BCUT2D eigenvalue weighted by atomic mass is 19.1. The summed E-state index contributed by atoms with van der Waals surface area (Å²) >= 11 is 0. The average molecular weight is 313 g/mol. The maximum absolute atomic E-state index is 14.0. The number of ketones is 1. The molecule has 0 amide bonds. The second-order valence-electron chi connectivity index (χ2n) is 5.86. The molecule has 4 heteroatoms. The van der Waals surface area contributed by atoms with Crippen LogP contribution in [0.25, 0.3) is 0 Å². The Bertz CT molecular complexity index is 729. The number of hydrogen-bond donors (Lipinski definition) is 0. The van der Waals surface area contributed by atoms with Crippen molar-refractivity contribution in [1.29, 1.82) is 0 Å². The van der Waals surface area contributed by atoms with E-state index in [-0.39, 0.29) is 11.3 Å². The van der Waals surface area contributed by atoms with Crippen molar-refractivity contribution in [1.82, 2.24) is 0 Å². The van der Waals surface area contributed by atoms with Crippen molar-refractivity contribution < 1.29 is 13.9 Å². The molecule has 2 aromatic rings. The fourth-order valence-electron chi connectivity index (χ4n) is 3.36. The Labute approximate surface area is 135 Å². The van der Waals surface area contributed by atoms with Crippen LogP contribution in [0.5, 0.6) is 5.75 Å². The molecule has 0 bridgehead atoms. The van der Waals surface area contributed by atoms with Gasteiger partial charge in [0.05, 0.1) is 18.4 Å². The van der Waals surface area contributed by atoms with E-state index in [4.69, 9.17) is 4.74 Å². The lowest BCUT2D eigenvalue weighted by Gasteiger charge is -2.22. The molecule has 0 saturated carbocycles. The Kier molecular flexibility index (Phi) is 4.33. The lowest BCUT2D eigenvalue weighted by Crippen LogP contribution is -2.22. The molecule has 1 fully saturated rings. The topological polar surface area (TPSA) is 29.5 Å². The van der Waals surface area contributed by atoms with Crippen molar-refractivity contribution >= 4 is 11.5 Å². The Morgan fingerprint density at radius 1 is 1.22 bits per heavy atom. The molecule has 0 aliphatic carbocycles. The first-order valence-corrected chi connectivity index (χ1v) is 7.79. The van der Waals surface area contributed by atoms with Crippen LogP contribution in [0.15, 0.2) is 42.5 Å². The third-order valence-corrected chi connectivity index (χ3v) is 4.45. The molecule has 2 aromatic carbocycles. The summed E-state index contributed by atoms with van der Waals surface area (Å²) < 4.78 is 19.5. The zero-order chi connectivity index (χ0) is 16.4. The summed E-state index contributed by atoms with van der Waals surface area (Å²) in [6, 6.07) is 12.8. The lowest BCUT2D eigenvalue weighted by molar-refractivity contribution is 0.101. The molecular weight excluding hydrogens is 293 g/mol. The van der Waals surface area contributed by atoms with Gasteiger partial charge in [0.1, 0.15) is 11.6 Å². The van der Waals surface area contributed by atoms with Crippen molar-refractivity contribution in [2.45, 2.75) is 19.3 Å². The highest BCUT2D eigenvalue weighted by molar-refractivity contribution is 6.00. The number of halogens is 1. The largest absolute Gasteiger partial charge is 0.496 e. The van der Waals surface area contributed by atoms with Gasteiger partial charge < -0.3 is 9.64 Å². The van der Waals surface area contributed by atoms with Gasteiger partial charge in [-0.3, -0.25) is 4.79 Å². The molecule has 0 aromatic heterocycles. The molecule has 1 saturated heterocycles. The van der Waals surface area contributed by atoms with Gasteiger partial charge in [-0.15, -0.1) is 0 Å². The second kappa shape index (κ2) is 6.41. The third-order valence-electron chi connectivity index (χ3n) is 4.45. The van der Waals surface area contributed by atoms with E-state index < -0.39 is 5.82 Å². The number of carbonyl (C=O) groups is 1. The van der Waals surface area contributed by atoms with E-state index in [0.29, 0.717) is 11.6 Å². The molecule has 1 aliphatic heterocycles. The van der Waals surface area contributed by atoms with E-state index in [9.17, 15) is 9.18 Å². The van der Waals surface area contributed by atoms with Gasteiger partial charge in [0.2, 0.25) is 0 Å². The number of carbonyl (C=O) groups excluding carboxylic acids is 1. The molecule has 0 spiro atoms. The highest BCUT2D eigenvalue weighted by Gasteiger charge is 2.28. The minimum absolute atomic E-state index is 0.188. The minimum atomic E-state index is -0.448. The maximum Gasteiger partial charge on any atom is 0.164 e. The van der Waals surface area contributed by atoms with Crippen LogP contribution in [0.4, 0.5) is 10.1 Å². The number of methoxy groups -OCH3 is 1. The van der Waals surface area contributed by atoms with Crippen molar-refractivity contribution in [3.05, 3.63) is 59.4 Å². The maximum atomic E-state index is 14.0. The summed E-state index contributed by atoms with van der Waals surface area (Å²) in [6.45, 7) is 2.96. The Morgan fingerprint density at radius 3 is 2.74 bits per heavy atom. The van der Waals surface area contributed by atoms with Gasteiger partial charge in [0.25, 0.3) is 0 Å². The van der Waals surface area contributed by atoms with Crippen molar-refractivity contribution in [2.75, 3.05) is 25.1 Å². The third kappa shape index (κ3) is 2.93. The molecule has 1 aliphatic rings. The monoisotopic (exact) mass is 313 g/mol. The molecule has 1 unspecified atom stereocenters. The van der Waals surface area contributed by atoms with Gasteiger partial charge in [0.15, 0.2) is 5.78 Å². The van der Waals surface area contributed by atoms with E-state index in [1.54, 1.807) is 13.2 Å². The van der Waals surface area contributed by atoms with E-state index in [0.717, 1.165) is 25.3 Å². The van der Waals surface area contributed by atoms with Crippen LogP contribution in [-0.4, -0.2) is 26.0 Å². The van der Waals surface area contributed by atoms with Crippen molar-refractivity contribution in [3.8, 4) is 5.75 Å². The van der Waals surface area contributed by atoms with Crippen LogP contribution in [0.2, 0.25) is 0 Å². The molecule has 120 valence electrons. The normalized spacial score (nSPS) is 17.3. The molecule has 1 atom stereocenters. The van der Waals surface area contributed by atoms with Crippen LogP contribution in [0.1, 0.15) is 35.2 Å². The number of para-hydroxylation sites is 1. The summed E-state index contributed by atoms with van der Waals surface area (Å²) in [5.41, 5.74) is 2.04. The fraction of sp³-hybridized carbons (Fsp3) is 0.316. The predicted molar refractivity (Wildman–Crippen MR) is 89.0 cm³/mol. The van der Waals surface area contributed by atoms with E-state index in [1.807, 2.05) is 24.3 Å². The van der Waals surface area contributed by atoms with E-state index in [1.165, 1.54) is 18.6 Å². The SMILES string of the molecule is COc1ccccc1C1CCN(c2cccc(F)c2C(C)=O)C1. The summed E-state index contributed by atoms with van der Waals surface area (Å²) in [5, 5.41) is 0. The van der Waals surface area contributed by atoms with Crippen LogP contribution < -0.4 is 9.64 Å². The Morgan fingerprint density at radius 2 is 2.00 bits per heavy atom. The summed E-state index contributed by atoms with van der Waals surface area (Å²) in [4.78, 5) is 13.9. The van der Waals surface area contributed by atoms with Crippen LogP contribution in [0, 0.1) is 5.82 Å². The smallest absolute Gasteiger partial charge is 0.164 e. The number of anilines is 1. The fourth-order valence-corrected chi connectivity index (χ4v) is 3.36. The van der Waals surface area contributed by atoms with Crippen molar-refractivity contribution in [3.63, 3.8) is 0 Å². The zero-order valence-electron chi connectivity index (χ0n) is 13.4. The molecular formula is C19H20FNO2. The molecule has 1 heterocycles. The Hall–Kier alpha value is -2.36. The standard InChI is InChI=1S/C19H20FNO2/c1-13(22)19-16(20)7-5-8-17(19)21-11-10-14(12-21)15-6-3-4-9-18(15)23-2/h3-9,14H,10-12H2,1-2H3. The van der Waals surface area contributed by atoms with Crippen LogP contribution in [-0.2, 0) is 0 Å². The zero-order valence-corrected chi connectivity index (χ0v) is 13.4. The Balaban J connectivity index is 1.89. The average Bonchev–Trinajstić information content (AvgIpc) is 3.03.